The largest absolute Gasteiger partial charge is 0.483 e. The molecule has 1 amide bonds. The number of carbonyl (C=O) groups excluding carboxylic acids is 1. The first-order valence-electron chi connectivity index (χ1n) is 6.07. The van der Waals surface area contributed by atoms with E-state index >= 15 is 0 Å². The van der Waals surface area contributed by atoms with Crippen LogP contribution in [0.25, 0.3) is 0 Å². The Balaban J connectivity index is 2.00. The lowest BCUT2D eigenvalue weighted by Crippen LogP contribution is -2.20. The highest BCUT2D eigenvalue weighted by Crippen LogP contribution is 2.19. The number of hydrogen-bond donors (Lipinski definition) is 2. The molecule has 0 bridgehead atoms. The van der Waals surface area contributed by atoms with Crippen molar-refractivity contribution in [1.82, 2.24) is 0 Å². The number of rotatable bonds is 5. The minimum Gasteiger partial charge on any atom is -0.483 e. The van der Waals surface area contributed by atoms with E-state index in [0.717, 1.165) is 12.1 Å². The van der Waals surface area contributed by atoms with E-state index in [9.17, 15) is 14.0 Å². The van der Waals surface area contributed by atoms with Crippen LogP contribution in [-0.4, -0.2) is 23.6 Å². The maximum absolute atomic E-state index is 13.0. The lowest BCUT2D eigenvalue weighted by atomic mass is 10.2. The minimum atomic E-state index is -1.33. The van der Waals surface area contributed by atoms with E-state index < -0.39 is 17.7 Å². The van der Waals surface area contributed by atoms with Gasteiger partial charge < -0.3 is 15.2 Å². The number of para-hydroxylation sites is 1. The molecule has 0 aliphatic heterocycles. The van der Waals surface area contributed by atoms with Gasteiger partial charge in [-0.3, -0.25) is 4.79 Å². The van der Waals surface area contributed by atoms with Crippen molar-refractivity contribution in [3.8, 4) is 5.75 Å². The van der Waals surface area contributed by atoms with Crippen molar-refractivity contribution >= 4 is 17.6 Å². The van der Waals surface area contributed by atoms with Gasteiger partial charge in [0.25, 0.3) is 5.91 Å². The average Bonchev–Trinajstić information content (AvgIpc) is 2.47. The number of hydrogen-bond acceptors (Lipinski definition) is 3. The fourth-order valence-electron chi connectivity index (χ4n) is 1.66. The molecule has 21 heavy (non-hydrogen) atoms. The second kappa shape index (κ2) is 6.51. The van der Waals surface area contributed by atoms with E-state index in [2.05, 4.69) is 5.32 Å². The zero-order chi connectivity index (χ0) is 15.2. The van der Waals surface area contributed by atoms with E-state index in [0.29, 0.717) is 5.69 Å². The summed E-state index contributed by atoms with van der Waals surface area (Å²) in [7, 11) is 0. The number of ether oxygens (including phenoxy) is 1. The van der Waals surface area contributed by atoms with Crippen molar-refractivity contribution < 1.29 is 23.8 Å². The Morgan fingerprint density at radius 2 is 1.86 bits per heavy atom. The van der Waals surface area contributed by atoms with Crippen LogP contribution in [0.3, 0.4) is 0 Å². The molecule has 0 atom stereocenters. The van der Waals surface area contributed by atoms with Crippen LogP contribution in [0.2, 0.25) is 0 Å². The van der Waals surface area contributed by atoms with Crippen LogP contribution in [0.1, 0.15) is 10.4 Å². The number of aromatic carboxylic acids is 1. The molecule has 0 fully saturated rings. The number of nitrogens with one attached hydrogen (secondary N) is 1. The molecule has 108 valence electrons. The minimum absolute atomic E-state index is 0.0629. The first kappa shape index (κ1) is 14.5. The molecular formula is C15H12FNO4. The molecule has 0 saturated carbocycles. The SMILES string of the molecule is O=C(COc1ccc(F)cc1C(=O)O)Nc1ccccc1. The van der Waals surface area contributed by atoms with Crippen LogP contribution in [-0.2, 0) is 4.79 Å². The molecule has 6 heteroatoms. The Bertz CT molecular complexity index is 658. The summed E-state index contributed by atoms with van der Waals surface area (Å²) < 4.78 is 18.1. The maximum atomic E-state index is 13.0. The molecule has 0 aliphatic carbocycles. The van der Waals surface area contributed by atoms with Crippen LogP contribution in [0.5, 0.6) is 5.75 Å². The van der Waals surface area contributed by atoms with E-state index in [-0.39, 0.29) is 17.9 Å². The fourth-order valence-corrected chi connectivity index (χ4v) is 1.66. The molecule has 0 aromatic heterocycles. The Hall–Kier alpha value is -2.89. The number of halogens is 1. The summed E-state index contributed by atoms with van der Waals surface area (Å²) in [6.07, 6.45) is 0. The predicted octanol–water partition coefficient (Wildman–Crippen LogP) is 2.54. The molecule has 5 nitrogen and oxygen atoms in total. The van der Waals surface area contributed by atoms with E-state index in [1.165, 1.54) is 6.07 Å². The van der Waals surface area contributed by atoms with Crippen molar-refractivity contribution in [1.29, 1.82) is 0 Å². The van der Waals surface area contributed by atoms with Gasteiger partial charge >= 0.3 is 5.97 Å². The van der Waals surface area contributed by atoms with Crippen LogP contribution in [0, 0.1) is 5.82 Å². The molecule has 0 heterocycles. The normalized spacial score (nSPS) is 9.95. The lowest BCUT2D eigenvalue weighted by Gasteiger charge is -2.09. The summed E-state index contributed by atoms with van der Waals surface area (Å²) in [4.78, 5) is 22.6. The third-order valence-corrected chi connectivity index (χ3v) is 2.59. The van der Waals surface area contributed by atoms with Gasteiger partial charge in [0.05, 0.1) is 0 Å². The second-order valence-corrected chi connectivity index (χ2v) is 4.15. The van der Waals surface area contributed by atoms with Gasteiger partial charge in [0.1, 0.15) is 17.1 Å². The van der Waals surface area contributed by atoms with Crippen LogP contribution >= 0.6 is 0 Å². The monoisotopic (exact) mass is 289 g/mol. The number of carboxylic acids is 1. The van der Waals surface area contributed by atoms with Gasteiger partial charge in [0.15, 0.2) is 6.61 Å². The third-order valence-electron chi connectivity index (χ3n) is 2.59. The van der Waals surface area contributed by atoms with Gasteiger partial charge in [0.2, 0.25) is 0 Å². The first-order chi connectivity index (χ1) is 10.1. The van der Waals surface area contributed by atoms with Crippen LogP contribution in [0.15, 0.2) is 48.5 Å². The number of anilines is 1. The van der Waals surface area contributed by atoms with E-state index in [1.54, 1.807) is 24.3 Å². The molecule has 0 saturated heterocycles. The second-order valence-electron chi connectivity index (χ2n) is 4.15. The Morgan fingerprint density at radius 3 is 2.52 bits per heavy atom. The van der Waals surface area contributed by atoms with Gasteiger partial charge in [-0.2, -0.15) is 0 Å². The smallest absolute Gasteiger partial charge is 0.339 e. The van der Waals surface area contributed by atoms with Gasteiger partial charge in [-0.05, 0) is 30.3 Å². The molecule has 2 aromatic carbocycles. The summed E-state index contributed by atoms with van der Waals surface area (Å²) in [6, 6.07) is 11.8. The maximum Gasteiger partial charge on any atom is 0.339 e. The molecule has 2 rings (SSSR count). The highest BCUT2D eigenvalue weighted by molar-refractivity contribution is 5.93. The summed E-state index contributed by atoms with van der Waals surface area (Å²) >= 11 is 0. The molecular weight excluding hydrogens is 277 g/mol. The molecule has 2 aromatic rings. The third kappa shape index (κ3) is 4.04. The summed E-state index contributed by atoms with van der Waals surface area (Å²) in [5, 5.41) is 11.5. The summed E-state index contributed by atoms with van der Waals surface area (Å²) in [5.41, 5.74) is 0.270. The number of carboxylic acid groups (broad SMARTS) is 1. The van der Waals surface area contributed by atoms with Gasteiger partial charge in [-0.1, -0.05) is 18.2 Å². The van der Waals surface area contributed by atoms with Crippen molar-refractivity contribution in [3.05, 3.63) is 59.9 Å². The predicted molar refractivity (Wildman–Crippen MR) is 73.9 cm³/mol. The molecule has 0 unspecified atom stereocenters. The first-order valence-corrected chi connectivity index (χ1v) is 6.07. The fraction of sp³-hybridized carbons (Fsp3) is 0.0667. The van der Waals surface area contributed by atoms with Crippen molar-refractivity contribution in [2.45, 2.75) is 0 Å². The summed E-state index contributed by atoms with van der Waals surface area (Å²) in [5.74, 6) is -2.52. The average molecular weight is 289 g/mol. The summed E-state index contributed by atoms with van der Waals surface area (Å²) in [6.45, 7) is -0.374. The van der Waals surface area contributed by atoms with Gasteiger partial charge in [0, 0.05) is 5.69 Å². The molecule has 2 N–H and O–H groups in total. The lowest BCUT2D eigenvalue weighted by molar-refractivity contribution is -0.118. The Morgan fingerprint density at radius 1 is 1.14 bits per heavy atom. The van der Waals surface area contributed by atoms with Gasteiger partial charge in [-0.15, -0.1) is 0 Å². The van der Waals surface area contributed by atoms with Crippen molar-refractivity contribution in [3.63, 3.8) is 0 Å². The zero-order valence-corrected chi connectivity index (χ0v) is 10.9. The van der Waals surface area contributed by atoms with Crippen LogP contribution in [0.4, 0.5) is 10.1 Å². The van der Waals surface area contributed by atoms with Gasteiger partial charge in [-0.25, -0.2) is 9.18 Å². The van der Waals surface area contributed by atoms with Crippen molar-refractivity contribution in [2.75, 3.05) is 11.9 Å². The van der Waals surface area contributed by atoms with E-state index in [4.69, 9.17) is 9.84 Å². The number of carbonyl (C=O) groups is 2. The number of benzene rings is 2. The highest BCUT2D eigenvalue weighted by atomic mass is 19.1. The van der Waals surface area contributed by atoms with Crippen LogP contribution < -0.4 is 10.1 Å². The van der Waals surface area contributed by atoms with E-state index in [1.807, 2.05) is 6.07 Å². The standard InChI is InChI=1S/C15H12FNO4/c16-10-6-7-13(12(8-10)15(19)20)21-9-14(18)17-11-4-2-1-3-5-11/h1-8H,9H2,(H,17,18)(H,19,20). The molecule has 0 radical (unpaired) electrons. The number of amides is 1. The zero-order valence-electron chi connectivity index (χ0n) is 10.9. The quantitative estimate of drug-likeness (QED) is 0.887. The Kier molecular flexibility index (Phi) is 4.50. The molecule has 0 aliphatic rings. The Labute approximate surface area is 120 Å². The highest BCUT2D eigenvalue weighted by Gasteiger charge is 2.13. The molecule has 0 spiro atoms. The van der Waals surface area contributed by atoms with Crippen molar-refractivity contribution in [2.24, 2.45) is 0 Å². The topological polar surface area (TPSA) is 75.6 Å².